The van der Waals surface area contributed by atoms with Gasteiger partial charge < -0.3 is 15.3 Å². The standard InChI is InChI=1S/C15H29N3O2/c1-4-16-15(14(19)20)8-7-12(10-15)18(3)13-6-5-9-17(2)11-13/h12-13,16H,4-11H2,1-3H3,(H,19,20). The van der Waals surface area contributed by atoms with E-state index in [-0.39, 0.29) is 0 Å². The van der Waals surface area contributed by atoms with E-state index < -0.39 is 11.5 Å². The van der Waals surface area contributed by atoms with E-state index >= 15 is 0 Å². The molecule has 1 saturated heterocycles. The zero-order chi connectivity index (χ0) is 14.8. The molecule has 0 bridgehead atoms. The van der Waals surface area contributed by atoms with Crippen LogP contribution in [0.5, 0.6) is 0 Å². The number of hydrogen-bond donors (Lipinski definition) is 2. The summed E-state index contributed by atoms with van der Waals surface area (Å²) in [5.74, 6) is -0.684. The van der Waals surface area contributed by atoms with Gasteiger partial charge in [-0.05, 0) is 59.3 Å². The third kappa shape index (κ3) is 3.15. The second kappa shape index (κ2) is 6.41. The highest BCUT2D eigenvalue weighted by atomic mass is 16.4. The van der Waals surface area contributed by atoms with Crippen molar-refractivity contribution in [1.82, 2.24) is 15.1 Å². The summed E-state index contributed by atoms with van der Waals surface area (Å²) in [6.45, 7) is 4.99. The van der Waals surface area contributed by atoms with E-state index in [0.717, 1.165) is 32.4 Å². The van der Waals surface area contributed by atoms with Gasteiger partial charge in [0.25, 0.3) is 0 Å². The molecule has 3 unspecified atom stereocenters. The molecule has 2 aliphatic rings. The lowest BCUT2D eigenvalue weighted by molar-refractivity contribution is -0.144. The molecule has 2 N–H and O–H groups in total. The van der Waals surface area contributed by atoms with Gasteiger partial charge in [0, 0.05) is 18.6 Å². The van der Waals surface area contributed by atoms with Crippen molar-refractivity contribution in [1.29, 1.82) is 0 Å². The maximum atomic E-state index is 11.6. The summed E-state index contributed by atoms with van der Waals surface area (Å²) in [5, 5.41) is 12.8. The van der Waals surface area contributed by atoms with Crippen molar-refractivity contribution in [2.75, 3.05) is 33.7 Å². The number of carboxylic acid groups (broad SMARTS) is 1. The monoisotopic (exact) mass is 283 g/mol. The van der Waals surface area contributed by atoms with E-state index in [1.165, 1.54) is 19.4 Å². The van der Waals surface area contributed by atoms with Crippen molar-refractivity contribution in [3.63, 3.8) is 0 Å². The first kappa shape index (κ1) is 15.7. The molecule has 20 heavy (non-hydrogen) atoms. The number of likely N-dealkylation sites (tertiary alicyclic amines) is 1. The fraction of sp³-hybridized carbons (Fsp3) is 0.933. The van der Waals surface area contributed by atoms with Crippen LogP contribution in [0.4, 0.5) is 0 Å². The third-order valence-electron chi connectivity index (χ3n) is 5.16. The molecule has 2 rings (SSSR count). The van der Waals surface area contributed by atoms with Gasteiger partial charge in [-0.1, -0.05) is 6.92 Å². The van der Waals surface area contributed by atoms with Gasteiger partial charge in [-0.25, -0.2) is 0 Å². The fourth-order valence-corrected chi connectivity index (χ4v) is 3.91. The van der Waals surface area contributed by atoms with Crippen molar-refractivity contribution < 1.29 is 9.90 Å². The van der Waals surface area contributed by atoms with Crippen LogP contribution in [0.1, 0.15) is 39.0 Å². The first-order valence-electron chi connectivity index (χ1n) is 7.87. The number of nitrogens with zero attached hydrogens (tertiary/aromatic N) is 2. The normalized spacial score (nSPS) is 35.6. The SMILES string of the molecule is CCNC1(C(=O)O)CCC(N(C)C2CCCN(C)C2)C1. The number of piperidine rings is 1. The smallest absolute Gasteiger partial charge is 0.323 e. The van der Waals surface area contributed by atoms with E-state index in [2.05, 4.69) is 29.2 Å². The van der Waals surface area contributed by atoms with Crippen LogP contribution in [-0.4, -0.2) is 72.2 Å². The summed E-state index contributed by atoms with van der Waals surface area (Å²) >= 11 is 0. The molecule has 1 heterocycles. The highest BCUT2D eigenvalue weighted by Gasteiger charge is 2.46. The molecule has 0 aromatic heterocycles. The highest BCUT2D eigenvalue weighted by Crippen LogP contribution is 2.34. The van der Waals surface area contributed by atoms with E-state index in [4.69, 9.17) is 0 Å². The molecular formula is C15H29N3O2. The molecule has 116 valence electrons. The zero-order valence-electron chi connectivity index (χ0n) is 13.1. The Morgan fingerprint density at radius 1 is 1.45 bits per heavy atom. The van der Waals surface area contributed by atoms with Crippen LogP contribution in [0.3, 0.4) is 0 Å². The fourth-order valence-electron chi connectivity index (χ4n) is 3.91. The predicted molar refractivity (Wildman–Crippen MR) is 80.0 cm³/mol. The lowest BCUT2D eigenvalue weighted by Gasteiger charge is -2.39. The lowest BCUT2D eigenvalue weighted by Crippen LogP contribution is -2.53. The Kier molecular flexibility index (Phi) is 5.04. The lowest BCUT2D eigenvalue weighted by atomic mass is 9.96. The molecule has 5 heteroatoms. The molecular weight excluding hydrogens is 254 g/mol. The van der Waals surface area contributed by atoms with Crippen LogP contribution in [0.25, 0.3) is 0 Å². The summed E-state index contributed by atoms with van der Waals surface area (Å²) in [6, 6.07) is 0.964. The Hall–Kier alpha value is -0.650. The van der Waals surface area contributed by atoms with Crippen molar-refractivity contribution in [3.8, 4) is 0 Å². The molecule has 1 aliphatic carbocycles. The number of carboxylic acids is 1. The minimum Gasteiger partial charge on any atom is -0.480 e. The first-order valence-corrected chi connectivity index (χ1v) is 7.87. The first-order chi connectivity index (χ1) is 9.48. The quantitative estimate of drug-likeness (QED) is 0.788. The number of rotatable bonds is 5. The number of nitrogens with one attached hydrogen (secondary N) is 1. The van der Waals surface area contributed by atoms with Gasteiger partial charge in [0.05, 0.1) is 0 Å². The molecule has 0 aromatic carbocycles. The summed E-state index contributed by atoms with van der Waals surface area (Å²) in [6.07, 6.45) is 4.94. The summed E-state index contributed by atoms with van der Waals surface area (Å²) in [7, 11) is 4.35. The van der Waals surface area contributed by atoms with Gasteiger partial charge >= 0.3 is 5.97 Å². The molecule has 0 spiro atoms. The van der Waals surface area contributed by atoms with Gasteiger partial charge in [0.1, 0.15) is 5.54 Å². The highest BCUT2D eigenvalue weighted by molar-refractivity contribution is 5.79. The maximum Gasteiger partial charge on any atom is 0.323 e. The average molecular weight is 283 g/mol. The van der Waals surface area contributed by atoms with Crippen LogP contribution in [-0.2, 0) is 4.79 Å². The van der Waals surface area contributed by atoms with Crippen molar-refractivity contribution in [3.05, 3.63) is 0 Å². The molecule has 5 nitrogen and oxygen atoms in total. The molecule has 0 aromatic rings. The predicted octanol–water partition coefficient (Wildman–Crippen LogP) is 0.998. The Bertz CT molecular complexity index is 350. The minimum absolute atomic E-state index is 0.390. The van der Waals surface area contributed by atoms with E-state index in [9.17, 15) is 9.90 Å². The molecule has 1 saturated carbocycles. The van der Waals surface area contributed by atoms with Crippen LogP contribution >= 0.6 is 0 Å². The van der Waals surface area contributed by atoms with Gasteiger partial charge in [-0.2, -0.15) is 0 Å². The average Bonchev–Trinajstić information content (AvgIpc) is 2.84. The van der Waals surface area contributed by atoms with Crippen LogP contribution in [0.2, 0.25) is 0 Å². The van der Waals surface area contributed by atoms with Crippen molar-refractivity contribution in [2.24, 2.45) is 0 Å². The Labute approximate surface area is 122 Å². The van der Waals surface area contributed by atoms with Gasteiger partial charge in [0.2, 0.25) is 0 Å². The Morgan fingerprint density at radius 2 is 2.20 bits per heavy atom. The zero-order valence-corrected chi connectivity index (χ0v) is 13.1. The minimum atomic E-state index is -0.700. The van der Waals surface area contributed by atoms with Crippen LogP contribution in [0, 0.1) is 0 Å². The molecule has 0 radical (unpaired) electrons. The second-order valence-corrected chi connectivity index (χ2v) is 6.54. The summed E-state index contributed by atoms with van der Waals surface area (Å²) in [4.78, 5) is 16.4. The largest absolute Gasteiger partial charge is 0.480 e. The van der Waals surface area contributed by atoms with Crippen LogP contribution < -0.4 is 5.32 Å². The topological polar surface area (TPSA) is 55.8 Å². The Balaban J connectivity index is 1.98. The molecule has 2 fully saturated rings. The van der Waals surface area contributed by atoms with Gasteiger partial charge in [-0.15, -0.1) is 0 Å². The summed E-state index contributed by atoms with van der Waals surface area (Å²) in [5.41, 5.74) is -0.700. The van der Waals surface area contributed by atoms with Crippen molar-refractivity contribution >= 4 is 5.97 Å². The van der Waals surface area contributed by atoms with E-state index in [1.807, 2.05) is 6.92 Å². The number of hydrogen-bond acceptors (Lipinski definition) is 4. The molecule has 1 aliphatic heterocycles. The summed E-state index contributed by atoms with van der Waals surface area (Å²) < 4.78 is 0. The third-order valence-corrected chi connectivity index (χ3v) is 5.16. The number of carbonyl (C=O) groups is 1. The Morgan fingerprint density at radius 3 is 2.80 bits per heavy atom. The second-order valence-electron chi connectivity index (χ2n) is 6.54. The number of aliphatic carboxylic acids is 1. The number of likely N-dealkylation sites (N-methyl/N-ethyl adjacent to an activating group) is 3. The maximum absolute atomic E-state index is 11.6. The van der Waals surface area contributed by atoms with E-state index in [0.29, 0.717) is 12.1 Å². The van der Waals surface area contributed by atoms with Gasteiger partial charge in [-0.3, -0.25) is 9.69 Å². The van der Waals surface area contributed by atoms with Gasteiger partial charge in [0.15, 0.2) is 0 Å². The van der Waals surface area contributed by atoms with Crippen LogP contribution in [0.15, 0.2) is 0 Å². The van der Waals surface area contributed by atoms with Crippen molar-refractivity contribution in [2.45, 2.75) is 56.7 Å². The van der Waals surface area contributed by atoms with E-state index in [1.54, 1.807) is 0 Å². The molecule has 0 amide bonds. The molecule has 3 atom stereocenters.